The molecule has 1 aliphatic heterocycles. The predicted octanol–water partition coefficient (Wildman–Crippen LogP) is 7.19. The fourth-order valence-electron chi connectivity index (χ4n) is 4.86. The van der Waals surface area contributed by atoms with Gasteiger partial charge in [-0.25, -0.2) is 14.1 Å². The molecule has 5 rings (SSSR count). The average Bonchev–Trinajstić information content (AvgIpc) is 3.57. The molecule has 1 saturated heterocycles. The van der Waals surface area contributed by atoms with Crippen molar-refractivity contribution in [2.45, 2.75) is 64.5 Å². The summed E-state index contributed by atoms with van der Waals surface area (Å²) in [4.78, 5) is 7.48. The van der Waals surface area contributed by atoms with Gasteiger partial charge in [-0.3, -0.25) is 0 Å². The van der Waals surface area contributed by atoms with Crippen molar-refractivity contribution in [1.29, 1.82) is 0 Å². The number of aromatic amines is 1. The molecule has 0 saturated carbocycles. The van der Waals surface area contributed by atoms with Gasteiger partial charge in [-0.05, 0) is 61.1 Å². The number of nitrogens with one attached hydrogen (secondary N) is 1. The predicted molar refractivity (Wildman–Crippen MR) is 151 cm³/mol. The molecule has 0 radical (unpaired) electrons. The van der Waals surface area contributed by atoms with E-state index in [1.54, 1.807) is 17.1 Å². The van der Waals surface area contributed by atoms with E-state index < -0.39 is 8.07 Å². The van der Waals surface area contributed by atoms with Crippen LogP contribution < -0.4 is 4.74 Å². The highest BCUT2D eigenvalue weighted by Crippen LogP contribution is 2.38. The normalized spacial score (nSPS) is 16.3. The van der Waals surface area contributed by atoms with E-state index in [0.29, 0.717) is 41.2 Å². The number of hydrogen-bond acceptors (Lipinski definition) is 5. The average molecular weight is 537 g/mol. The van der Waals surface area contributed by atoms with E-state index in [9.17, 15) is 0 Å². The fraction of sp³-hybridized carbons (Fsp3) is 0.448. The quantitative estimate of drug-likeness (QED) is 0.132. The Morgan fingerprint density at radius 2 is 2.00 bits per heavy atom. The number of hydrogen-bond donors (Lipinski definition) is 1. The molecule has 2 aromatic heterocycles. The smallest absolute Gasteiger partial charge is 0.189 e. The minimum Gasteiger partial charge on any atom is -0.468 e. The van der Waals surface area contributed by atoms with Crippen LogP contribution in [0.15, 0.2) is 42.7 Å². The summed E-state index contributed by atoms with van der Waals surface area (Å²) in [5, 5.41) is 5.51. The van der Waals surface area contributed by atoms with Crippen LogP contribution in [0.1, 0.15) is 38.0 Å². The Bertz CT molecular complexity index is 1370. The van der Waals surface area contributed by atoms with Gasteiger partial charge < -0.3 is 19.2 Å². The number of rotatable bonds is 10. The third kappa shape index (κ3) is 5.69. The van der Waals surface area contributed by atoms with E-state index in [0.717, 1.165) is 48.6 Å². The van der Waals surface area contributed by atoms with Crippen LogP contribution in [0.2, 0.25) is 25.7 Å². The largest absolute Gasteiger partial charge is 0.468 e. The monoisotopic (exact) mass is 536 g/mol. The van der Waals surface area contributed by atoms with E-state index >= 15 is 4.39 Å². The molecule has 2 aromatic carbocycles. The van der Waals surface area contributed by atoms with Crippen molar-refractivity contribution in [2.75, 3.05) is 20.0 Å². The van der Waals surface area contributed by atoms with Gasteiger partial charge in [0.1, 0.15) is 17.0 Å². The molecule has 0 spiro atoms. The standard InChI is InChI=1S/C29H37FN4O3Si/c1-5-20-18-21(37-19-35-16-17-38(2,3)4)9-10-22(20)23-11-12-24-27(29-31-13-14-32-29)33-34(28(24)26(23)30)25-8-6-7-15-36-25/h9-14,18,25H,5-8,15-17,19H2,1-4H3,(H,31,32). The first-order valence-corrected chi connectivity index (χ1v) is 17.2. The summed E-state index contributed by atoms with van der Waals surface area (Å²) in [7, 11) is -1.14. The fourth-order valence-corrected chi connectivity index (χ4v) is 5.61. The Morgan fingerprint density at radius 3 is 2.71 bits per heavy atom. The SMILES string of the molecule is CCc1cc(OCOCC[Si](C)(C)C)ccc1-c1ccc2c(-c3ncc[nH]3)nn(C3CCCCO3)c2c1F. The molecule has 4 aromatic rings. The molecule has 1 N–H and O–H groups in total. The van der Waals surface area contributed by atoms with Crippen molar-refractivity contribution in [2.24, 2.45) is 0 Å². The molecule has 0 bridgehead atoms. The molecule has 38 heavy (non-hydrogen) atoms. The maximum atomic E-state index is 16.4. The molecule has 0 amide bonds. The number of halogens is 1. The van der Waals surface area contributed by atoms with E-state index in [4.69, 9.17) is 19.3 Å². The van der Waals surface area contributed by atoms with Crippen LogP contribution in [0.25, 0.3) is 33.5 Å². The minimum atomic E-state index is -1.14. The molecule has 1 atom stereocenters. The zero-order valence-corrected chi connectivity index (χ0v) is 23.7. The van der Waals surface area contributed by atoms with Gasteiger partial charge in [-0.2, -0.15) is 5.10 Å². The zero-order valence-electron chi connectivity index (χ0n) is 22.7. The summed E-state index contributed by atoms with van der Waals surface area (Å²) in [6.45, 7) is 10.6. The van der Waals surface area contributed by atoms with Gasteiger partial charge in [-0.1, -0.05) is 38.7 Å². The van der Waals surface area contributed by atoms with Gasteiger partial charge in [0, 0.05) is 44.6 Å². The summed E-state index contributed by atoms with van der Waals surface area (Å²) in [6, 6.07) is 10.7. The third-order valence-corrected chi connectivity index (χ3v) is 8.72. The van der Waals surface area contributed by atoms with E-state index in [1.165, 1.54) is 0 Å². The lowest BCUT2D eigenvalue weighted by molar-refractivity contribution is -0.0368. The van der Waals surface area contributed by atoms with Gasteiger partial charge in [-0.15, -0.1) is 0 Å². The van der Waals surface area contributed by atoms with E-state index in [-0.39, 0.29) is 18.8 Å². The summed E-state index contributed by atoms with van der Waals surface area (Å²) < 4.78 is 35.7. The Balaban J connectivity index is 1.47. The van der Waals surface area contributed by atoms with Crippen LogP contribution >= 0.6 is 0 Å². The van der Waals surface area contributed by atoms with Crippen molar-refractivity contribution in [1.82, 2.24) is 19.7 Å². The van der Waals surface area contributed by atoms with Crippen LogP contribution in [0.4, 0.5) is 4.39 Å². The highest BCUT2D eigenvalue weighted by atomic mass is 28.3. The second-order valence-electron chi connectivity index (χ2n) is 11.0. The van der Waals surface area contributed by atoms with Gasteiger partial charge >= 0.3 is 0 Å². The van der Waals surface area contributed by atoms with Crippen molar-refractivity contribution < 1.29 is 18.6 Å². The van der Waals surface area contributed by atoms with Gasteiger partial charge in [0.05, 0.1) is 0 Å². The number of aryl methyl sites for hydroxylation is 1. The highest BCUT2D eigenvalue weighted by Gasteiger charge is 2.26. The number of imidazole rings is 1. The Hall–Kier alpha value is -3.01. The number of aromatic nitrogens is 4. The highest BCUT2D eigenvalue weighted by molar-refractivity contribution is 6.76. The lowest BCUT2D eigenvalue weighted by Gasteiger charge is -2.23. The molecule has 7 nitrogen and oxygen atoms in total. The third-order valence-electron chi connectivity index (χ3n) is 7.01. The Kier molecular flexibility index (Phi) is 7.97. The maximum absolute atomic E-state index is 16.4. The van der Waals surface area contributed by atoms with E-state index in [2.05, 4.69) is 36.5 Å². The maximum Gasteiger partial charge on any atom is 0.189 e. The molecule has 9 heteroatoms. The number of nitrogens with zero attached hydrogens (tertiary/aromatic N) is 3. The van der Waals surface area contributed by atoms with Gasteiger partial charge in [0.25, 0.3) is 0 Å². The lowest BCUT2D eigenvalue weighted by atomic mass is 9.96. The number of ether oxygens (including phenoxy) is 3. The molecule has 1 aliphatic rings. The van der Waals surface area contributed by atoms with Crippen LogP contribution in [-0.2, 0) is 15.9 Å². The topological polar surface area (TPSA) is 74.2 Å². The second kappa shape index (κ2) is 11.4. The summed E-state index contributed by atoms with van der Waals surface area (Å²) in [5.74, 6) is 1.03. The van der Waals surface area contributed by atoms with Crippen LogP contribution in [0, 0.1) is 5.82 Å². The number of benzene rings is 2. The molecule has 202 valence electrons. The minimum absolute atomic E-state index is 0.212. The van der Waals surface area contributed by atoms with Crippen molar-refractivity contribution in [3.8, 4) is 28.4 Å². The first kappa shape index (κ1) is 26.6. The first-order valence-electron chi connectivity index (χ1n) is 13.5. The Morgan fingerprint density at radius 1 is 1.16 bits per heavy atom. The first-order chi connectivity index (χ1) is 18.4. The second-order valence-corrected chi connectivity index (χ2v) is 16.7. The number of fused-ring (bicyclic) bond motifs is 1. The van der Waals surface area contributed by atoms with Crippen molar-refractivity contribution >= 4 is 19.0 Å². The molecule has 0 aliphatic carbocycles. The van der Waals surface area contributed by atoms with Crippen LogP contribution in [0.5, 0.6) is 5.75 Å². The van der Waals surface area contributed by atoms with Gasteiger partial charge in [0.2, 0.25) is 0 Å². The number of H-pyrrole nitrogens is 1. The lowest BCUT2D eigenvalue weighted by Crippen LogP contribution is -2.22. The summed E-state index contributed by atoms with van der Waals surface area (Å²) in [5.41, 5.74) is 3.46. The zero-order chi connectivity index (χ0) is 26.7. The molecule has 1 unspecified atom stereocenters. The van der Waals surface area contributed by atoms with E-state index in [1.807, 2.05) is 30.3 Å². The van der Waals surface area contributed by atoms with Crippen LogP contribution in [-0.4, -0.2) is 47.8 Å². The summed E-state index contributed by atoms with van der Waals surface area (Å²) in [6.07, 6.45) is 6.68. The van der Waals surface area contributed by atoms with Crippen molar-refractivity contribution in [3.63, 3.8) is 0 Å². The summed E-state index contributed by atoms with van der Waals surface area (Å²) >= 11 is 0. The molecular weight excluding hydrogens is 499 g/mol. The van der Waals surface area contributed by atoms with Gasteiger partial charge in [0.15, 0.2) is 24.7 Å². The van der Waals surface area contributed by atoms with Crippen molar-refractivity contribution in [3.05, 3.63) is 54.1 Å². The van der Waals surface area contributed by atoms with Crippen LogP contribution in [0.3, 0.4) is 0 Å². The Labute approximate surface area is 224 Å². The molecule has 1 fully saturated rings. The molecular formula is C29H37FN4O3Si. The molecule has 3 heterocycles.